The average molecular weight is 258 g/mol. The molecule has 1 heterocycles. The van der Waals surface area contributed by atoms with Gasteiger partial charge in [-0.2, -0.15) is 0 Å². The van der Waals surface area contributed by atoms with Gasteiger partial charge in [-0.05, 0) is 56.8 Å². The van der Waals surface area contributed by atoms with E-state index in [1.54, 1.807) is 0 Å². The van der Waals surface area contributed by atoms with Crippen LogP contribution in [-0.2, 0) is 6.42 Å². The van der Waals surface area contributed by atoms with E-state index < -0.39 is 0 Å². The van der Waals surface area contributed by atoms with Gasteiger partial charge in [0.25, 0.3) is 0 Å². The Hall–Kier alpha value is -1.32. The highest BCUT2D eigenvalue weighted by atomic mass is 16.3. The fourth-order valence-electron chi connectivity index (χ4n) is 3.14. The first-order valence-electron chi connectivity index (χ1n) is 7.25. The van der Waals surface area contributed by atoms with Gasteiger partial charge >= 0.3 is 0 Å². The number of aliphatic hydroxyl groups excluding tert-OH is 1. The molecule has 1 aromatic heterocycles. The number of hydrogen-bond donors (Lipinski definition) is 3. The molecule has 0 amide bonds. The molecule has 0 bridgehead atoms. The van der Waals surface area contributed by atoms with Crippen LogP contribution in [0.2, 0.25) is 0 Å². The second kappa shape index (κ2) is 5.35. The molecule has 1 atom stereocenters. The number of fused-ring (bicyclic) bond motifs is 3. The maximum absolute atomic E-state index is 8.89. The molecule has 0 fully saturated rings. The van der Waals surface area contributed by atoms with Gasteiger partial charge in [0.2, 0.25) is 0 Å². The monoisotopic (exact) mass is 258 g/mol. The minimum atomic E-state index is 0.262. The first kappa shape index (κ1) is 12.7. The summed E-state index contributed by atoms with van der Waals surface area (Å²) < 4.78 is 0. The zero-order valence-corrected chi connectivity index (χ0v) is 11.5. The van der Waals surface area contributed by atoms with Crippen LogP contribution in [0.5, 0.6) is 0 Å². The third-order valence-corrected chi connectivity index (χ3v) is 4.09. The van der Waals surface area contributed by atoms with Crippen molar-refractivity contribution in [2.45, 2.75) is 38.6 Å². The van der Waals surface area contributed by atoms with Crippen molar-refractivity contribution in [3.63, 3.8) is 0 Å². The Morgan fingerprint density at radius 3 is 3.16 bits per heavy atom. The summed E-state index contributed by atoms with van der Waals surface area (Å²) in [6.45, 7) is 3.30. The molecule has 0 spiro atoms. The minimum absolute atomic E-state index is 0.262. The lowest BCUT2D eigenvalue weighted by Gasteiger charge is -2.23. The summed E-state index contributed by atoms with van der Waals surface area (Å²) in [7, 11) is 0. The smallest absolute Gasteiger partial charge is 0.0476 e. The third-order valence-electron chi connectivity index (χ3n) is 4.09. The predicted octanol–water partition coefficient (Wildman–Crippen LogP) is 2.83. The van der Waals surface area contributed by atoms with Crippen LogP contribution in [0.4, 0.5) is 0 Å². The lowest BCUT2D eigenvalue weighted by atomic mass is 9.91. The molecule has 102 valence electrons. The van der Waals surface area contributed by atoms with Gasteiger partial charge in [-0.1, -0.05) is 11.6 Å². The summed E-state index contributed by atoms with van der Waals surface area (Å²) in [4.78, 5) is 3.60. The molecule has 2 aromatic rings. The normalized spacial score (nSPS) is 18.7. The first-order valence-corrected chi connectivity index (χ1v) is 7.25. The predicted molar refractivity (Wildman–Crippen MR) is 78.4 cm³/mol. The van der Waals surface area contributed by atoms with E-state index in [1.807, 2.05) is 0 Å². The van der Waals surface area contributed by atoms with Crippen LogP contribution in [0, 0.1) is 6.92 Å². The number of hydrogen-bond acceptors (Lipinski definition) is 2. The van der Waals surface area contributed by atoms with Crippen molar-refractivity contribution in [2.75, 3.05) is 13.2 Å². The lowest BCUT2D eigenvalue weighted by Crippen LogP contribution is -2.26. The number of aryl methyl sites for hydroxylation is 2. The van der Waals surface area contributed by atoms with Crippen molar-refractivity contribution in [2.24, 2.45) is 0 Å². The standard InChI is InChI=1S/C16H22N2O/c1-11-6-7-14-13(10-11)12-4-2-5-15(16(12)18-14)17-8-3-9-19/h6-7,10,15,17-19H,2-5,8-9H2,1H3/t15-/m0/s1. The van der Waals surface area contributed by atoms with E-state index in [1.165, 1.54) is 47.0 Å². The molecule has 0 aliphatic heterocycles. The number of nitrogens with one attached hydrogen (secondary N) is 2. The quantitative estimate of drug-likeness (QED) is 0.739. The Labute approximate surface area is 114 Å². The van der Waals surface area contributed by atoms with Crippen LogP contribution in [0.1, 0.15) is 42.1 Å². The molecule has 0 saturated heterocycles. The van der Waals surface area contributed by atoms with Crippen LogP contribution in [0.25, 0.3) is 10.9 Å². The molecule has 0 radical (unpaired) electrons. The van der Waals surface area contributed by atoms with Crippen molar-refractivity contribution >= 4 is 10.9 Å². The Morgan fingerprint density at radius 1 is 1.42 bits per heavy atom. The first-order chi connectivity index (χ1) is 9.29. The molecule has 3 nitrogen and oxygen atoms in total. The number of aliphatic hydroxyl groups is 1. The van der Waals surface area contributed by atoms with E-state index in [0.29, 0.717) is 6.04 Å². The van der Waals surface area contributed by atoms with Gasteiger partial charge in [-0.3, -0.25) is 0 Å². The number of aromatic nitrogens is 1. The summed E-state index contributed by atoms with van der Waals surface area (Å²) >= 11 is 0. The van der Waals surface area contributed by atoms with Gasteiger partial charge < -0.3 is 15.4 Å². The van der Waals surface area contributed by atoms with E-state index >= 15 is 0 Å². The van der Waals surface area contributed by atoms with E-state index in [2.05, 4.69) is 35.4 Å². The summed E-state index contributed by atoms with van der Waals surface area (Å²) in [5.41, 5.74) is 5.44. The van der Waals surface area contributed by atoms with Gasteiger partial charge in [-0.15, -0.1) is 0 Å². The third kappa shape index (κ3) is 2.40. The van der Waals surface area contributed by atoms with Crippen molar-refractivity contribution in [1.82, 2.24) is 10.3 Å². The van der Waals surface area contributed by atoms with Crippen LogP contribution < -0.4 is 5.32 Å². The van der Waals surface area contributed by atoms with Gasteiger partial charge in [0.05, 0.1) is 0 Å². The van der Waals surface area contributed by atoms with E-state index in [9.17, 15) is 0 Å². The fraction of sp³-hybridized carbons (Fsp3) is 0.500. The van der Waals surface area contributed by atoms with Crippen molar-refractivity contribution < 1.29 is 5.11 Å². The molecule has 0 saturated carbocycles. The van der Waals surface area contributed by atoms with Gasteiger partial charge in [0, 0.05) is 29.2 Å². The summed E-state index contributed by atoms with van der Waals surface area (Å²) in [5, 5.41) is 13.8. The highest BCUT2D eigenvalue weighted by Gasteiger charge is 2.23. The second-order valence-corrected chi connectivity index (χ2v) is 5.54. The zero-order valence-electron chi connectivity index (χ0n) is 11.5. The molecular formula is C16H22N2O. The Kier molecular flexibility index (Phi) is 3.58. The van der Waals surface area contributed by atoms with E-state index in [-0.39, 0.29) is 6.61 Å². The molecule has 3 N–H and O–H groups in total. The molecule has 1 aromatic carbocycles. The maximum Gasteiger partial charge on any atom is 0.0476 e. The minimum Gasteiger partial charge on any atom is -0.396 e. The second-order valence-electron chi connectivity index (χ2n) is 5.54. The molecule has 19 heavy (non-hydrogen) atoms. The molecule has 3 rings (SSSR count). The SMILES string of the molecule is Cc1ccc2[nH]c3c(c2c1)CCC[C@@H]3NCCCO. The van der Waals surface area contributed by atoms with Gasteiger partial charge in [0.1, 0.15) is 0 Å². The number of aromatic amines is 1. The van der Waals surface area contributed by atoms with Crippen molar-refractivity contribution in [1.29, 1.82) is 0 Å². The van der Waals surface area contributed by atoms with Gasteiger partial charge in [-0.25, -0.2) is 0 Å². The van der Waals surface area contributed by atoms with Crippen LogP contribution in [0.3, 0.4) is 0 Å². The fourth-order valence-corrected chi connectivity index (χ4v) is 3.14. The van der Waals surface area contributed by atoms with E-state index in [4.69, 9.17) is 5.11 Å². The number of benzene rings is 1. The largest absolute Gasteiger partial charge is 0.396 e. The Balaban J connectivity index is 1.93. The summed E-state index contributed by atoms with van der Waals surface area (Å²) in [6.07, 6.45) is 4.43. The van der Waals surface area contributed by atoms with E-state index in [0.717, 1.165) is 13.0 Å². The molecule has 0 unspecified atom stereocenters. The topological polar surface area (TPSA) is 48.0 Å². The zero-order chi connectivity index (χ0) is 13.2. The molecule has 3 heteroatoms. The van der Waals surface area contributed by atoms with Gasteiger partial charge in [0.15, 0.2) is 0 Å². The highest BCUT2D eigenvalue weighted by molar-refractivity contribution is 5.85. The van der Waals surface area contributed by atoms with Crippen molar-refractivity contribution in [3.8, 4) is 0 Å². The average Bonchev–Trinajstić information content (AvgIpc) is 2.78. The maximum atomic E-state index is 8.89. The molecule has 1 aliphatic carbocycles. The van der Waals surface area contributed by atoms with Crippen LogP contribution in [0.15, 0.2) is 18.2 Å². The molecule has 1 aliphatic rings. The van der Waals surface area contributed by atoms with Crippen LogP contribution in [-0.4, -0.2) is 23.2 Å². The summed E-state index contributed by atoms with van der Waals surface area (Å²) in [6, 6.07) is 7.07. The molecular weight excluding hydrogens is 236 g/mol. The number of H-pyrrole nitrogens is 1. The number of rotatable bonds is 4. The highest BCUT2D eigenvalue weighted by Crippen LogP contribution is 2.34. The summed E-state index contributed by atoms with van der Waals surface area (Å²) in [5.74, 6) is 0. The van der Waals surface area contributed by atoms with Crippen LogP contribution >= 0.6 is 0 Å². The Morgan fingerprint density at radius 2 is 2.32 bits per heavy atom. The lowest BCUT2D eigenvalue weighted by molar-refractivity contribution is 0.281. The van der Waals surface area contributed by atoms with Crippen molar-refractivity contribution in [3.05, 3.63) is 35.0 Å². The Bertz CT molecular complexity index is 573.